The van der Waals surface area contributed by atoms with Crippen molar-refractivity contribution in [3.05, 3.63) is 0 Å². The molecule has 0 aromatic heterocycles. The van der Waals surface area contributed by atoms with E-state index in [0.717, 1.165) is 32.5 Å². The molecule has 0 bridgehead atoms. The molecule has 1 atom stereocenters. The lowest BCUT2D eigenvalue weighted by atomic mass is 10.1. The third-order valence-electron chi connectivity index (χ3n) is 2.79. The second kappa shape index (κ2) is 6.80. The van der Waals surface area contributed by atoms with Crippen LogP contribution in [0.5, 0.6) is 0 Å². The molecule has 0 aromatic rings. The van der Waals surface area contributed by atoms with Crippen molar-refractivity contribution in [3.8, 4) is 0 Å². The summed E-state index contributed by atoms with van der Waals surface area (Å²) in [5.41, 5.74) is 0. The zero-order chi connectivity index (χ0) is 11.1. The lowest BCUT2D eigenvalue weighted by Gasteiger charge is -2.14. The van der Waals surface area contributed by atoms with Gasteiger partial charge in [-0.3, -0.25) is 4.79 Å². The maximum atomic E-state index is 11.7. The van der Waals surface area contributed by atoms with Gasteiger partial charge < -0.3 is 15.0 Å². The number of ether oxygens (including phenoxy) is 1. The van der Waals surface area contributed by atoms with Crippen molar-refractivity contribution in [2.24, 2.45) is 5.92 Å². The molecule has 1 fully saturated rings. The Morgan fingerprint density at radius 2 is 2.40 bits per heavy atom. The van der Waals surface area contributed by atoms with Gasteiger partial charge in [0.05, 0.1) is 12.5 Å². The van der Waals surface area contributed by atoms with Crippen LogP contribution in [0, 0.1) is 5.92 Å². The number of hydrogen-bond donors (Lipinski definition) is 1. The van der Waals surface area contributed by atoms with E-state index in [2.05, 4.69) is 17.1 Å². The number of amides is 1. The Kier molecular flexibility index (Phi) is 5.65. The van der Waals surface area contributed by atoms with E-state index < -0.39 is 0 Å². The number of likely N-dealkylation sites (tertiary alicyclic amines) is 1. The third-order valence-corrected chi connectivity index (χ3v) is 2.79. The van der Waals surface area contributed by atoms with Crippen molar-refractivity contribution in [2.45, 2.75) is 19.8 Å². The molecule has 1 rings (SSSR count). The molecule has 0 aromatic carbocycles. The van der Waals surface area contributed by atoms with Crippen molar-refractivity contribution in [3.63, 3.8) is 0 Å². The number of carbonyl (C=O) groups is 1. The second-order valence-electron chi connectivity index (χ2n) is 4.07. The summed E-state index contributed by atoms with van der Waals surface area (Å²) >= 11 is 0. The van der Waals surface area contributed by atoms with E-state index in [9.17, 15) is 4.79 Å². The molecule has 1 heterocycles. The molecule has 0 saturated carbocycles. The average Bonchev–Trinajstić information content (AvgIpc) is 2.67. The molecule has 1 unspecified atom stereocenters. The summed E-state index contributed by atoms with van der Waals surface area (Å²) in [5.74, 6) is 0.374. The third kappa shape index (κ3) is 4.18. The Balaban J connectivity index is 2.18. The normalized spacial score (nSPS) is 21.9. The molecule has 0 aliphatic carbocycles. The molecule has 4 nitrogen and oxygen atoms in total. The molecule has 1 saturated heterocycles. The zero-order valence-electron chi connectivity index (χ0n) is 9.79. The van der Waals surface area contributed by atoms with Crippen molar-refractivity contribution in [1.82, 2.24) is 10.2 Å². The summed E-state index contributed by atoms with van der Waals surface area (Å²) in [6.07, 6.45) is 2.16. The van der Waals surface area contributed by atoms with Gasteiger partial charge in [-0.1, -0.05) is 6.92 Å². The lowest BCUT2D eigenvalue weighted by molar-refractivity contribution is -0.124. The first kappa shape index (κ1) is 12.5. The van der Waals surface area contributed by atoms with Gasteiger partial charge in [-0.15, -0.1) is 0 Å². The van der Waals surface area contributed by atoms with Crippen LogP contribution < -0.4 is 5.32 Å². The molecule has 1 amide bonds. The topological polar surface area (TPSA) is 41.6 Å². The highest BCUT2D eigenvalue weighted by Crippen LogP contribution is 2.16. The Morgan fingerprint density at radius 1 is 1.60 bits per heavy atom. The van der Waals surface area contributed by atoms with E-state index >= 15 is 0 Å². The molecular weight excluding hydrogens is 192 g/mol. The zero-order valence-corrected chi connectivity index (χ0v) is 9.79. The summed E-state index contributed by atoms with van der Waals surface area (Å²) in [6.45, 7) is 6.49. The van der Waals surface area contributed by atoms with E-state index in [1.807, 2.05) is 0 Å². The first-order valence-corrected chi connectivity index (χ1v) is 5.77. The molecule has 15 heavy (non-hydrogen) atoms. The highest BCUT2D eigenvalue weighted by atomic mass is 16.5. The molecular formula is C11H22N2O2. The van der Waals surface area contributed by atoms with Crippen LogP contribution in [0.4, 0.5) is 0 Å². The Labute approximate surface area is 92.0 Å². The van der Waals surface area contributed by atoms with Gasteiger partial charge in [0.25, 0.3) is 0 Å². The fourth-order valence-corrected chi connectivity index (χ4v) is 1.99. The molecule has 1 aliphatic heterocycles. The molecule has 0 spiro atoms. The van der Waals surface area contributed by atoms with E-state index in [4.69, 9.17) is 4.74 Å². The van der Waals surface area contributed by atoms with Crippen LogP contribution in [0.3, 0.4) is 0 Å². The van der Waals surface area contributed by atoms with Gasteiger partial charge in [-0.25, -0.2) is 0 Å². The second-order valence-corrected chi connectivity index (χ2v) is 4.07. The summed E-state index contributed by atoms with van der Waals surface area (Å²) < 4.78 is 4.89. The van der Waals surface area contributed by atoms with Crippen LogP contribution >= 0.6 is 0 Å². The predicted octanol–water partition coefficient (Wildman–Crippen LogP) is 0.481. The van der Waals surface area contributed by atoms with Crippen molar-refractivity contribution in [2.75, 3.05) is 39.9 Å². The highest BCUT2D eigenvalue weighted by molar-refractivity contribution is 5.79. The fourth-order valence-electron chi connectivity index (χ4n) is 1.99. The van der Waals surface area contributed by atoms with E-state index in [0.29, 0.717) is 13.2 Å². The molecule has 4 heteroatoms. The summed E-state index contributed by atoms with van der Waals surface area (Å²) in [6, 6.07) is 0. The van der Waals surface area contributed by atoms with Crippen molar-refractivity contribution >= 4 is 5.91 Å². The molecule has 0 radical (unpaired) electrons. The van der Waals surface area contributed by atoms with Crippen LogP contribution in [0.1, 0.15) is 19.8 Å². The first-order chi connectivity index (χ1) is 7.27. The van der Waals surface area contributed by atoms with Gasteiger partial charge >= 0.3 is 0 Å². The largest absolute Gasteiger partial charge is 0.383 e. The molecule has 1 aliphatic rings. The van der Waals surface area contributed by atoms with Crippen LogP contribution in [0.2, 0.25) is 0 Å². The van der Waals surface area contributed by atoms with Crippen LogP contribution in [0.25, 0.3) is 0 Å². The maximum absolute atomic E-state index is 11.7. The van der Waals surface area contributed by atoms with E-state index in [1.165, 1.54) is 0 Å². The highest BCUT2D eigenvalue weighted by Gasteiger charge is 2.27. The first-order valence-electron chi connectivity index (χ1n) is 5.77. The fraction of sp³-hybridized carbons (Fsp3) is 0.909. The van der Waals surface area contributed by atoms with E-state index in [-0.39, 0.29) is 11.8 Å². The minimum atomic E-state index is 0.186. The van der Waals surface area contributed by atoms with E-state index in [1.54, 1.807) is 7.11 Å². The lowest BCUT2D eigenvalue weighted by Crippen LogP contribution is -2.34. The number of carbonyl (C=O) groups excluding carboxylic acids is 1. The average molecular weight is 214 g/mol. The molecule has 88 valence electrons. The van der Waals surface area contributed by atoms with Gasteiger partial charge in [0.15, 0.2) is 0 Å². The number of nitrogens with one attached hydrogen (secondary N) is 1. The number of rotatable bonds is 6. The number of hydrogen-bond acceptors (Lipinski definition) is 3. The van der Waals surface area contributed by atoms with Gasteiger partial charge in [0, 0.05) is 20.2 Å². The smallest absolute Gasteiger partial charge is 0.224 e. The van der Waals surface area contributed by atoms with Gasteiger partial charge in [-0.2, -0.15) is 0 Å². The van der Waals surface area contributed by atoms with Gasteiger partial charge in [0.1, 0.15) is 0 Å². The summed E-state index contributed by atoms with van der Waals surface area (Å²) in [4.78, 5) is 14.0. The van der Waals surface area contributed by atoms with Gasteiger partial charge in [-0.05, 0) is 25.9 Å². The Bertz CT molecular complexity index is 197. The monoisotopic (exact) mass is 214 g/mol. The number of methoxy groups -OCH3 is 1. The quantitative estimate of drug-likeness (QED) is 0.654. The maximum Gasteiger partial charge on any atom is 0.224 e. The summed E-state index contributed by atoms with van der Waals surface area (Å²) in [5, 5.41) is 2.90. The van der Waals surface area contributed by atoms with Crippen molar-refractivity contribution < 1.29 is 9.53 Å². The minimum Gasteiger partial charge on any atom is -0.383 e. The Hall–Kier alpha value is -0.610. The number of nitrogens with zero attached hydrogens (tertiary/aromatic N) is 1. The standard InChI is InChI=1S/C11H22N2O2/c1-3-6-13-7-4-10(9-13)11(14)12-5-8-15-2/h10H,3-9H2,1-2H3,(H,12,14). The van der Waals surface area contributed by atoms with Crippen LogP contribution in [-0.2, 0) is 9.53 Å². The van der Waals surface area contributed by atoms with Gasteiger partial charge in [0.2, 0.25) is 5.91 Å². The SMILES string of the molecule is CCCN1CCC(C(=O)NCCOC)C1. The molecule has 1 N–H and O–H groups in total. The minimum absolute atomic E-state index is 0.186. The van der Waals surface area contributed by atoms with Crippen molar-refractivity contribution in [1.29, 1.82) is 0 Å². The van der Waals surface area contributed by atoms with Crippen LogP contribution in [0.15, 0.2) is 0 Å². The Morgan fingerprint density at radius 3 is 3.07 bits per heavy atom. The van der Waals surface area contributed by atoms with Crippen LogP contribution in [-0.4, -0.2) is 50.7 Å². The predicted molar refractivity (Wildman–Crippen MR) is 59.7 cm³/mol. The summed E-state index contributed by atoms with van der Waals surface area (Å²) in [7, 11) is 1.64.